The van der Waals surface area contributed by atoms with Crippen molar-refractivity contribution >= 4 is 5.91 Å². The van der Waals surface area contributed by atoms with Crippen LogP contribution < -0.4 is 10.1 Å². The van der Waals surface area contributed by atoms with Gasteiger partial charge in [-0.25, -0.2) is 4.98 Å². The van der Waals surface area contributed by atoms with Crippen LogP contribution in [0.2, 0.25) is 0 Å². The minimum Gasteiger partial charge on any atom is -0.439 e. The first kappa shape index (κ1) is 18.4. The fourth-order valence-corrected chi connectivity index (χ4v) is 3.10. The summed E-state index contributed by atoms with van der Waals surface area (Å²) in [6.07, 6.45) is 3.39. The van der Waals surface area contributed by atoms with Crippen LogP contribution in [-0.2, 0) is 4.74 Å². The second kappa shape index (κ2) is 8.29. The first-order valence-electron chi connectivity index (χ1n) is 8.81. The van der Waals surface area contributed by atoms with Gasteiger partial charge < -0.3 is 19.7 Å². The molecule has 1 amide bonds. The Kier molecular flexibility index (Phi) is 5.85. The molecule has 2 aromatic rings. The molecule has 3 rings (SSSR count). The average Bonchev–Trinajstić information content (AvgIpc) is 2.68. The van der Waals surface area contributed by atoms with E-state index in [4.69, 9.17) is 9.47 Å². The van der Waals surface area contributed by atoms with Crippen molar-refractivity contribution in [2.45, 2.75) is 18.4 Å². The highest BCUT2D eigenvalue weighted by Gasteiger charge is 2.35. The van der Waals surface area contributed by atoms with Gasteiger partial charge in [-0.2, -0.15) is 0 Å². The van der Waals surface area contributed by atoms with Crippen LogP contribution in [0.25, 0.3) is 0 Å². The lowest BCUT2D eigenvalue weighted by molar-refractivity contribution is -0.00658. The normalized spacial score (nSPS) is 16.3. The Balaban J connectivity index is 1.65. The highest BCUT2D eigenvalue weighted by Crippen LogP contribution is 2.25. The van der Waals surface area contributed by atoms with Crippen molar-refractivity contribution in [1.29, 1.82) is 0 Å². The molecular formula is C20H25N3O3. The predicted molar refractivity (Wildman–Crippen MR) is 99.6 cm³/mol. The molecule has 2 heterocycles. The quantitative estimate of drug-likeness (QED) is 0.863. The van der Waals surface area contributed by atoms with Crippen LogP contribution in [0.4, 0.5) is 0 Å². The van der Waals surface area contributed by atoms with Gasteiger partial charge in [0.1, 0.15) is 5.75 Å². The summed E-state index contributed by atoms with van der Waals surface area (Å²) in [5.41, 5.74) is 0.469. The van der Waals surface area contributed by atoms with E-state index in [1.807, 2.05) is 30.3 Å². The highest BCUT2D eigenvalue weighted by molar-refractivity contribution is 5.94. The third-order valence-electron chi connectivity index (χ3n) is 4.91. The zero-order valence-electron chi connectivity index (χ0n) is 15.3. The number of carbonyl (C=O) groups excluding carboxylic acids is 1. The smallest absolute Gasteiger partial charge is 0.251 e. The fourth-order valence-electron chi connectivity index (χ4n) is 3.10. The summed E-state index contributed by atoms with van der Waals surface area (Å²) in [4.78, 5) is 19.0. The topological polar surface area (TPSA) is 63.7 Å². The van der Waals surface area contributed by atoms with E-state index in [-0.39, 0.29) is 11.4 Å². The Bertz CT molecular complexity index is 728. The minimum atomic E-state index is -0.127. The third-order valence-corrected chi connectivity index (χ3v) is 4.91. The molecule has 0 radical (unpaired) electrons. The zero-order valence-corrected chi connectivity index (χ0v) is 15.3. The molecule has 1 aromatic carbocycles. The molecule has 0 saturated carbocycles. The number of likely N-dealkylation sites (N-methyl/N-ethyl adjacent to an activating group) is 1. The molecule has 6 heteroatoms. The van der Waals surface area contributed by atoms with Gasteiger partial charge in [0, 0.05) is 43.1 Å². The summed E-state index contributed by atoms with van der Waals surface area (Å²) in [7, 11) is 4.10. The van der Waals surface area contributed by atoms with Crippen molar-refractivity contribution in [3.05, 3.63) is 54.2 Å². The highest BCUT2D eigenvalue weighted by atomic mass is 16.5. The Labute approximate surface area is 154 Å². The Morgan fingerprint density at radius 1 is 1.23 bits per heavy atom. The first-order valence-corrected chi connectivity index (χ1v) is 8.81. The van der Waals surface area contributed by atoms with E-state index in [0.717, 1.165) is 26.1 Å². The molecule has 0 spiro atoms. The number of hydrogen-bond acceptors (Lipinski definition) is 5. The Morgan fingerprint density at radius 3 is 2.65 bits per heavy atom. The van der Waals surface area contributed by atoms with E-state index in [0.29, 0.717) is 23.7 Å². The van der Waals surface area contributed by atoms with Crippen LogP contribution in [0.5, 0.6) is 11.6 Å². The van der Waals surface area contributed by atoms with E-state index in [1.165, 1.54) is 0 Å². The number of rotatable bonds is 6. The van der Waals surface area contributed by atoms with Crippen LogP contribution in [0.3, 0.4) is 0 Å². The van der Waals surface area contributed by atoms with E-state index in [1.54, 1.807) is 18.3 Å². The lowest BCUT2D eigenvalue weighted by Crippen LogP contribution is -2.55. The number of carbonyl (C=O) groups is 1. The maximum absolute atomic E-state index is 12.6. The molecule has 1 fully saturated rings. The van der Waals surface area contributed by atoms with E-state index in [2.05, 4.69) is 29.3 Å². The predicted octanol–water partition coefficient (Wildman–Crippen LogP) is 2.71. The molecule has 1 N–H and O–H groups in total. The molecule has 0 unspecified atom stereocenters. The number of nitrogens with one attached hydrogen (secondary N) is 1. The standard InChI is InChI=1S/C20H25N3O3/c1-23(2)20(9-12-25-13-10-20)15-22-19(24)16-8-11-21-18(14-16)26-17-6-4-3-5-7-17/h3-8,11,14H,9-10,12-13,15H2,1-2H3,(H,22,24). The monoisotopic (exact) mass is 355 g/mol. The number of aromatic nitrogens is 1. The molecule has 0 atom stereocenters. The maximum Gasteiger partial charge on any atom is 0.251 e. The van der Waals surface area contributed by atoms with Crippen molar-refractivity contribution in [3.8, 4) is 11.6 Å². The first-order chi connectivity index (χ1) is 12.6. The SMILES string of the molecule is CN(C)C1(CNC(=O)c2ccnc(Oc3ccccc3)c2)CCOCC1. The van der Waals surface area contributed by atoms with Gasteiger partial charge in [0.2, 0.25) is 5.88 Å². The molecule has 0 bridgehead atoms. The number of para-hydroxylation sites is 1. The van der Waals surface area contributed by atoms with Gasteiger partial charge in [0.25, 0.3) is 5.91 Å². The molecule has 138 valence electrons. The van der Waals surface area contributed by atoms with Crippen LogP contribution >= 0.6 is 0 Å². The number of hydrogen-bond donors (Lipinski definition) is 1. The van der Waals surface area contributed by atoms with E-state index >= 15 is 0 Å². The number of nitrogens with zero attached hydrogens (tertiary/aromatic N) is 2. The largest absolute Gasteiger partial charge is 0.439 e. The summed E-state index contributed by atoms with van der Waals surface area (Å²) >= 11 is 0. The van der Waals surface area contributed by atoms with Gasteiger partial charge in [-0.05, 0) is 45.1 Å². The number of pyridine rings is 1. The maximum atomic E-state index is 12.6. The third kappa shape index (κ3) is 4.39. The second-order valence-corrected chi connectivity index (χ2v) is 6.71. The van der Waals surface area contributed by atoms with Crippen molar-refractivity contribution in [1.82, 2.24) is 15.2 Å². The number of benzene rings is 1. The summed E-state index contributed by atoms with van der Waals surface area (Å²) in [5.74, 6) is 0.960. The lowest BCUT2D eigenvalue weighted by Gasteiger charge is -2.42. The van der Waals surface area contributed by atoms with Gasteiger partial charge in [0.05, 0.1) is 0 Å². The van der Waals surface area contributed by atoms with Crippen molar-refractivity contribution in [2.24, 2.45) is 0 Å². The average molecular weight is 355 g/mol. The Morgan fingerprint density at radius 2 is 1.96 bits per heavy atom. The zero-order chi connectivity index (χ0) is 18.4. The molecule has 26 heavy (non-hydrogen) atoms. The van der Waals surface area contributed by atoms with Crippen LogP contribution in [-0.4, -0.2) is 55.2 Å². The lowest BCUT2D eigenvalue weighted by atomic mass is 9.88. The van der Waals surface area contributed by atoms with Crippen LogP contribution in [0.15, 0.2) is 48.7 Å². The molecule has 0 aliphatic carbocycles. The van der Waals surface area contributed by atoms with Crippen molar-refractivity contribution < 1.29 is 14.3 Å². The molecule has 1 aliphatic heterocycles. The van der Waals surface area contributed by atoms with Gasteiger partial charge in [0.15, 0.2) is 0 Å². The molecule has 6 nitrogen and oxygen atoms in total. The van der Waals surface area contributed by atoms with Crippen molar-refractivity contribution in [2.75, 3.05) is 33.9 Å². The van der Waals surface area contributed by atoms with Gasteiger partial charge in [-0.15, -0.1) is 0 Å². The fraction of sp³-hybridized carbons (Fsp3) is 0.400. The summed E-state index contributed by atoms with van der Waals surface area (Å²) in [6, 6.07) is 12.7. The van der Waals surface area contributed by atoms with E-state index < -0.39 is 0 Å². The Hall–Kier alpha value is -2.44. The van der Waals surface area contributed by atoms with Crippen LogP contribution in [0, 0.1) is 0 Å². The summed E-state index contributed by atoms with van der Waals surface area (Å²) < 4.78 is 11.2. The van der Waals surface area contributed by atoms with E-state index in [9.17, 15) is 4.79 Å². The van der Waals surface area contributed by atoms with Gasteiger partial charge in [-0.1, -0.05) is 18.2 Å². The summed E-state index contributed by atoms with van der Waals surface area (Å²) in [5, 5.41) is 3.06. The van der Waals surface area contributed by atoms with Crippen LogP contribution in [0.1, 0.15) is 23.2 Å². The molecule has 1 saturated heterocycles. The molecule has 1 aromatic heterocycles. The molecule has 1 aliphatic rings. The number of amides is 1. The van der Waals surface area contributed by atoms with Gasteiger partial charge in [-0.3, -0.25) is 4.79 Å². The van der Waals surface area contributed by atoms with Gasteiger partial charge >= 0.3 is 0 Å². The number of ether oxygens (including phenoxy) is 2. The minimum absolute atomic E-state index is 0.0652. The van der Waals surface area contributed by atoms with Crippen molar-refractivity contribution in [3.63, 3.8) is 0 Å². The molecular weight excluding hydrogens is 330 g/mol. The second-order valence-electron chi connectivity index (χ2n) is 6.71. The summed E-state index contributed by atoms with van der Waals surface area (Å²) in [6.45, 7) is 2.02.